The van der Waals surface area contributed by atoms with Crippen LogP contribution in [0.5, 0.6) is 0 Å². The number of rotatable bonds is 11. The molecule has 0 atom stereocenters. The third-order valence-electron chi connectivity index (χ3n) is 24.2. The summed E-state index contributed by atoms with van der Waals surface area (Å²) < 4.78 is 27.5. The van der Waals surface area contributed by atoms with Crippen LogP contribution in [0.4, 0.5) is 0 Å². The second-order valence-electron chi connectivity index (χ2n) is 31.0. The maximum Gasteiger partial charge on any atom is 0.167 e. The molecule has 0 spiro atoms. The Kier molecular flexibility index (Phi) is 14.9. The minimum atomic E-state index is 0.501. The van der Waals surface area contributed by atoms with Crippen LogP contribution >= 0.6 is 0 Å². The lowest BCUT2D eigenvalue weighted by Crippen LogP contribution is -2.01. The average Bonchev–Trinajstić information content (AvgIpc) is 1.56. The quantitative estimate of drug-likeness (QED) is 0.123. The molecule has 0 fully saturated rings. The van der Waals surface area contributed by atoms with Gasteiger partial charge in [-0.05, 0) is 183 Å². The molecule has 0 saturated heterocycles. The first-order valence-corrected chi connectivity index (χ1v) is 40.3. The highest BCUT2D eigenvalue weighted by atomic mass is 16.3. The molecule has 0 aliphatic carbocycles. The zero-order valence-electron chi connectivity index (χ0n) is 64.1. The van der Waals surface area contributed by atoms with Gasteiger partial charge in [0, 0.05) is 76.5 Å². The minimum absolute atomic E-state index is 0.501. The molecular weight excluding hydrogens is 1470 g/mol. The molecule has 25 rings (SSSR count). The third kappa shape index (κ3) is 10.8. The van der Waals surface area contributed by atoms with Crippen LogP contribution in [-0.4, -0.2) is 29.9 Å². The Balaban J connectivity index is 0.578. The van der Waals surface area contributed by atoms with Gasteiger partial charge in [0.25, 0.3) is 0 Å². The number of fused-ring (bicyclic) bond motifs is 17. The molecule has 0 aliphatic rings. The number of benzene rings is 19. The number of furan rings is 4. The highest BCUT2D eigenvalue weighted by molar-refractivity contribution is 6.22. The van der Waals surface area contributed by atoms with E-state index < -0.39 is 0 Å². The number of aromatic nitrogens is 6. The van der Waals surface area contributed by atoms with E-state index in [-0.39, 0.29) is 0 Å². The molecule has 6 heterocycles. The molecule has 10 nitrogen and oxygen atoms in total. The van der Waals surface area contributed by atoms with Gasteiger partial charge >= 0.3 is 0 Å². The Labute approximate surface area is 684 Å². The van der Waals surface area contributed by atoms with Crippen molar-refractivity contribution in [2.24, 2.45) is 0 Å². The van der Waals surface area contributed by atoms with Crippen molar-refractivity contribution < 1.29 is 17.7 Å². The summed E-state index contributed by atoms with van der Waals surface area (Å²) in [6.45, 7) is 0. The van der Waals surface area contributed by atoms with Crippen LogP contribution in [-0.2, 0) is 0 Å². The van der Waals surface area contributed by atoms with Crippen molar-refractivity contribution in [2.75, 3.05) is 0 Å². The van der Waals surface area contributed by atoms with E-state index in [2.05, 4.69) is 340 Å². The lowest BCUT2D eigenvalue weighted by atomic mass is 9.90. The number of hydrogen-bond acceptors (Lipinski definition) is 10. The van der Waals surface area contributed by atoms with E-state index in [9.17, 15) is 0 Å². The van der Waals surface area contributed by atoms with Gasteiger partial charge in [-0.3, -0.25) is 0 Å². The van der Waals surface area contributed by atoms with E-state index in [1.165, 1.54) is 0 Å². The summed E-state index contributed by atoms with van der Waals surface area (Å²) in [6, 6.07) is 132. The van der Waals surface area contributed by atoms with Crippen LogP contribution in [0.15, 0.2) is 394 Å². The largest absolute Gasteiger partial charge is 0.455 e. The summed E-state index contributed by atoms with van der Waals surface area (Å²) in [4.78, 5) is 32.3. The van der Waals surface area contributed by atoms with E-state index in [4.69, 9.17) is 47.6 Å². The summed E-state index contributed by atoms with van der Waals surface area (Å²) >= 11 is 0. The van der Waals surface area contributed by atoms with Crippen molar-refractivity contribution >= 4 is 142 Å². The van der Waals surface area contributed by atoms with Crippen molar-refractivity contribution in [3.63, 3.8) is 0 Å². The van der Waals surface area contributed by atoms with Crippen LogP contribution < -0.4 is 0 Å². The second kappa shape index (κ2) is 26.6. The summed E-state index contributed by atoms with van der Waals surface area (Å²) in [7, 11) is 0. The van der Waals surface area contributed by atoms with E-state index in [1.807, 2.05) is 36.4 Å². The van der Waals surface area contributed by atoms with Gasteiger partial charge in [-0.25, -0.2) is 29.9 Å². The highest BCUT2D eigenvalue weighted by Crippen LogP contribution is 2.49. The summed E-state index contributed by atoms with van der Waals surface area (Å²) in [5, 5.41) is 19.0. The first-order valence-electron chi connectivity index (χ1n) is 40.3. The number of nitrogens with zero attached hydrogens (tertiary/aromatic N) is 6. The SMILES string of the molecule is c1ccc(-c2cccc3c2oc2cccc(-c4ccc(-c5nc(-c6ccc7ccccc7c6)nc(-c6cccc7c6oc6ccc(-c8ccc9ccc(-c%10ccc(-c%11ccc(-c%12nc(-c%13ccc%14ccccc%14c%13)nc(-c%13cccc%14c%13oc%13ccccc%13%14)n%12)c%12ccccc%11%12)c%11c%10oc%10ccccc%10%11)cc9c8)cc67)n5)c5ccccc45)c23)cc1. The Morgan fingerprint density at radius 3 is 1.12 bits per heavy atom. The van der Waals surface area contributed by atoms with Crippen molar-refractivity contribution in [3.05, 3.63) is 376 Å². The summed E-state index contributed by atoms with van der Waals surface area (Å²) in [6.07, 6.45) is 0. The molecule has 0 N–H and O–H groups in total. The Morgan fingerprint density at radius 1 is 0.142 bits per heavy atom. The molecule has 19 aromatic carbocycles. The molecular formula is C110H62N6O4. The van der Waals surface area contributed by atoms with Gasteiger partial charge in [-0.15, -0.1) is 0 Å². The van der Waals surface area contributed by atoms with Crippen LogP contribution in [0.1, 0.15) is 0 Å². The van der Waals surface area contributed by atoms with Crippen LogP contribution in [0.3, 0.4) is 0 Å². The molecule has 0 amide bonds. The summed E-state index contributed by atoms with van der Waals surface area (Å²) in [5.74, 6) is 3.24. The Bertz CT molecular complexity index is 8650. The molecule has 10 heteroatoms. The molecule has 120 heavy (non-hydrogen) atoms. The van der Waals surface area contributed by atoms with Gasteiger partial charge in [0.2, 0.25) is 0 Å². The van der Waals surface area contributed by atoms with E-state index in [0.29, 0.717) is 40.5 Å². The van der Waals surface area contributed by atoms with Gasteiger partial charge in [-0.1, -0.05) is 291 Å². The third-order valence-corrected chi connectivity index (χ3v) is 24.2. The average molecular weight is 1530 g/mol. The molecule has 6 aromatic heterocycles. The monoisotopic (exact) mass is 1530 g/mol. The predicted octanol–water partition coefficient (Wildman–Crippen LogP) is 29.8. The molecule has 25 aromatic rings. The van der Waals surface area contributed by atoms with Crippen LogP contribution in [0.25, 0.3) is 266 Å². The lowest BCUT2D eigenvalue weighted by Gasteiger charge is -2.15. The first-order chi connectivity index (χ1) is 59.4. The smallest absolute Gasteiger partial charge is 0.167 e. The standard InChI is InChI=1S/C110H62N6O4/c1-2-22-66(23-3-1)75-32-16-36-91-99-84(33-19-41-98(99)120-101(75)91)81-52-55-88(79-28-10-8-26-77(79)81)107-112-106(73-49-45-64-21-5-7-25-68(64)59-73)114-110(116-107)93-38-18-35-87-94-62-70(50-57-97(94)118-103(87)93)69-46-42-65-43-47-71(61-74(65)60-69)76-51-54-85(100-90-31-13-15-40-96(90)119-104(76)100)82-53-56-89(80-29-11-9-27-78(80)82)108-111-105(72-48-44-63-20-4-6-24-67(63)58-72)113-109(115-108)92-37-17-34-86-83-30-12-14-39-95(83)117-102(86)92/h1-62H. The second-order valence-corrected chi connectivity index (χ2v) is 31.0. The van der Waals surface area contributed by atoms with Crippen molar-refractivity contribution in [1.82, 2.24) is 29.9 Å². The van der Waals surface area contributed by atoms with E-state index in [1.54, 1.807) is 0 Å². The fourth-order valence-corrected chi connectivity index (χ4v) is 18.5. The van der Waals surface area contributed by atoms with Gasteiger partial charge in [-0.2, -0.15) is 0 Å². The van der Waals surface area contributed by atoms with Gasteiger partial charge in [0.15, 0.2) is 34.9 Å². The molecule has 0 saturated carbocycles. The maximum atomic E-state index is 7.08. The highest BCUT2D eigenvalue weighted by Gasteiger charge is 2.27. The van der Waals surface area contributed by atoms with Crippen LogP contribution in [0.2, 0.25) is 0 Å². The minimum Gasteiger partial charge on any atom is -0.455 e. The van der Waals surface area contributed by atoms with Crippen LogP contribution in [0, 0.1) is 0 Å². The van der Waals surface area contributed by atoms with Crippen molar-refractivity contribution in [2.45, 2.75) is 0 Å². The molecule has 0 bridgehead atoms. The Hall–Kier alpha value is -16.3. The topological polar surface area (TPSA) is 130 Å². The normalized spacial score (nSPS) is 12.0. The zero-order valence-corrected chi connectivity index (χ0v) is 64.1. The predicted molar refractivity (Wildman–Crippen MR) is 490 cm³/mol. The maximum absolute atomic E-state index is 7.08. The summed E-state index contributed by atoms with van der Waals surface area (Å²) in [5.41, 5.74) is 21.9. The number of hydrogen-bond donors (Lipinski definition) is 0. The zero-order chi connectivity index (χ0) is 78.6. The van der Waals surface area contributed by atoms with Crippen molar-refractivity contribution in [1.29, 1.82) is 0 Å². The first kappa shape index (κ1) is 67.1. The van der Waals surface area contributed by atoms with E-state index in [0.717, 1.165) is 225 Å². The van der Waals surface area contributed by atoms with E-state index >= 15 is 0 Å². The van der Waals surface area contributed by atoms with Gasteiger partial charge in [0.1, 0.15) is 44.7 Å². The van der Waals surface area contributed by atoms with Gasteiger partial charge < -0.3 is 17.7 Å². The molecule has 0 radical (unpaired) electrons. The van der Waals surface area contributed by atoms with Gasteiger partial charge in [0.05, 0.1) is 11.1 Å². The molecule has 556 valence electrons. The molecule has 0 unspecified atom stereocenters. The fraction of sp³-hybridized carbons (Fsp3) is 0. The fourth-order valence-electron chi connectivity index (χ4n) is 18.5. The number of para-hydroxylation sites is 5. The Morgan fingerprint density at radius 2 is 0.492 bits per heavy atom. The van der Waals surface area contributed by atoms with Crippen molar-refractivity contribution in [3.8, 4) is 124 Å². The molecule has 0 aliphatic heterocycles. The lowest BCUT2D eigenvalue weighted by molar-refractivity contribution is 0.669.